The molecule has 6 amide bonds. The zero-order valence-corrected chi connectivity index (χ0v) is 7.62. The predicted molar refractivity (Wildman–Crippen MR) is 46.2 cm³/mol. The average molecular weight is 201 g/mol. The number of imide groups is 3. The van der Waals surface area contributed by atoms with Crippen LogP contribution in [-0.4, -0.2) is 24.4 Å². The molecule has 3 N–H and O–H groups in total. The molecule has 0 saturated heterocycles. The maximum absolute atomic E-state index is 10.8. The van der Waals surface area contributed by atoms with Crippen LogP contribution in [0.5, 0.6) is 0 Å². The highest BCUT2D eigenvalue weighted by atomic mass is 16.2. The summed E-state index contributed by atoms with van der Waals surface area (Å²) in [5, 5.41) is 5.30. The number of rotatable bonds is 3. The van der Waals surface area contributed by atoms with Crippen molar-refractivity contribution in [2.45, 2.75) is 19.8 Å². The molecule has 0 radical (unpaired) electrons. The minimum Gasteiger partial charge on any atom is -0.280 e. The predicted octanol–water partition coefficient (Wildman–Crippen LogP) is -0.522. The van der Waals surface area contributed by atoms with Crippen LogP contribution in [0.1, 0.15) is 19.8 Å². The van der Waals surface area contributed by atoms with E-state index in [1.807, 2.05) is 5.32 Å². The SMILES string of the molecule is CCCC(=O)NC(=O)NC(=O)NC=O. The first-order valence-electron chi connectivity index (χ1n) is 3.95. The summed E-state index contributed by atoms with van der Waals surface area (Å²) in [6.07, 6.45) is 0.916. The Labute approximate surface area is 80.2 Å². The number of carbonyl (C=O) groups is 4. The molecule has 0 spiro atoms. The highest BCUT2D eigenvalue weighted by Crippen LogP contribution is 1.84. The van der Waals surface area contributed by atoms with Crippen LogP contribution in [0.2, 0.25) is 0 Å². The third-order valence-corrected chi connectivity index (χ3v) is 1.15. The lowest BCUT2D eigenvalue weighted by molar-refractivity contribution is -0.120. The van der Waals surface area contributed by atoms with Crippen molar-refractivity contribution in [2.24, 2.45) is 0 Å². The van der Waals surface area contributed by atoms with Crippen LogP contribution < -0.4 is 16.0 Å². The Kier molecular flexibility index (Phi) is 5.68. The van der Waals surface area contributed by atoms with Crippen molar-refractivity contribution in [3.05, 3.63) is 0 Å². The van der Waals surface area contributed by atoms with Gasteiger partial charge in [-0.2, -0.15) is 0 Å². The highest BCUT2D eigenvalue weighted by molar-refractivity contribution is 6.03. The minimum absolute atomic E-state index is 0.122. The number of nitrogens with one attached hydrogen (secondary N) is 3. The van der Waals surface area contributed by atoms with E-state index < -0.39 is 18.0 Å². The fourth-order valence-corrected chi connectivity index (χ4v) is 0.640. The lowest BCUT2D eigenvalue weighted by atomic mass is 10.3. The monoisotopic (exact) mass is 201 g/mol. The Hall–Kier alpha value is -1.92. The fourth-order valence-electron chi connectivity index (χ4n) is 0.640. The Bertz CT molecular complexity index is 251. The summed E-state index contributed by atoms with van der Waals surface area (Å²) in [5.74, 6) is -0.482. The fraction of sp³-hybridized carbons (Fsp3) is 0.429. The normalized spacial score (nSPS) is 8.64. The molecule has 0 aromatic rings. The first-order valence-corrected chi connectivity index (χ1v) is 3.95. The number of amides is 6. The van der Waals surface area contributed by atoms with Crippen molar-refractivity contribution < 1.29 is 19.2 Å². The molecule has 0 aliphatic rings. The van der Waals surface area contributed by atoms with E-state index in [1.54, 1.807) is 17.6 Å². The zero-order valence-electron chi connectivity index (χ0n) is 7.62. The van der Waals surface area contributed by atoms with E-state index in [-0.39, 0.29) is 12.8 Å². The average Bonchev–Trinajstić information content (AvgIpc) is 2.03. The van der Waals surface area contributed by atoms with Crippen LogP contribution in [0, 0.1) is 0 Å². The summed E-state index contributed by atoms with van der Waals surface area (Å²) in [4.78, 5) is 41.9. The molecule has 0 aliphatic heterocycles. The summed E-state index contributed by atoms with van der Waals surface area (Å²) >= 11 is 0. The second kappa shape index (κ2) is 6.58. The Morgan fingerprint density at radius 3 is 2.29 bits per heavy atom. The molecule has 0 aromatic carbocycles. The van der Waals surface area contributed by atoms with E-state index in [0.717, 1.165) is 0 Å². The summed E-state index contributed by atoms with van der Waals surface area (Å²) < 4.78 is 0. The second-order valence-electron chi connectivity index (χ2n) is 2.34. The quantitative estimate of drug-likeness (QED) is 0.534. The molecule has 0 atom stereocenters. The standard InChI is InChI=1S/C7H11N3O4/c1-2-3-5(12)9-7(14)10-6(13)8-4-11/h4H,2-3H2,1H3,(H3,8,9,10,11,12,13,14). The van der Waals surface area contributed by atoms with E-state index in [4.69, 9.17) is 0 Å². The molecule has 0 saturated carbocycles. The molecule has 0 unspecified atom stereocenters. The van der Waals surface area contributed by atoms with Gasteiger partial charge >= 0.3 is 12.1 Å². The van der Waals surface area contributed by atoms with Gasteiger partial charge in [-0.25, -0.2) is 9.59 Å². The third-order valence-electron chi connectivity index (χ3n) is 1.15. The van der Waals surface area contributed by atoms with Gasteiger partial charge in [0, 0.05) is 6.42 Å². The molecule has 0 heterocycles. The Balaban J connectivity index is 3.80. The molecule has 14 heavy (non-hydrogen) atoms. The molecular formula is C7H11N3O4. The van der Waals surface area contributed by atoms with Gasteiger partial charge < -0.3 is 0 Å². The van der Waals surface area contributed by atoms with Gasteiger partial charge in [-0.3, -0.25) is 25.5 Å². The summed E-state index contributed by atoms with van der Waals surface area (Å²) in [7, 11) is 0. The first kappa shape index (κ1) is 12.1. The smallest absolute Gasteiger partial charge is 0.280 e. The van der Waals surface area contributed by atoms with Crippen molar-refractivity contribution in [1.82, 2.24) is 16.0 Å². The molecule has 7 nitrogen and oxygen atoms in total. The molecule has 7 heteroatoms. The van der Waals surface area contributed by atoms with Gasteiger partial charge in [-0.05, 0) is 6.42 Å². The van der Waals surface area contributed by atoms with E-state index in [0.29, 0.717) is 6.42 Å². The van der Waals surface area contributed by atoms with Crippen molar-refractivity contribution in [1.29, 1.82) is 0 Å². The second-order valence-corrected chi connectivity index (χ2v) is 2.34. The van der Waals surface area contributed by atoms with Crippen LogP contribution in [0.3, 0.4) is 0 Å². The van der Waals surface area contributed by atoms with E-state index in [1.165, 1.54) is 0 Å². The van der Waals surface area contributed by atoms with Gasteiger partial charge in [0.25, 0.3) is 0 Å². The molecular weight excluding hydrogens is 190 g/mol. The molecule has 0 rings (SSSR count). The highest BCUT2D eigenvalue weighted by Gasteiger charge is 2.09. The van der Waals surface area contributed by atoms with Gasteiger partial charge in [-0.15, -0.1) is 0 Å². The van der Waals surface area contributed by atoms with Crippen LogP contribution in [-0.2, 0) is 9.59 Å². The van der Waals surface area contributed by atoms with Crippen molar-refractivity contribution in [2.75, 3.05) is 0 Å². The largest absolute Gasteiger partial charge is 0.329 e. The van der Waals surface area contributed by atoms with Gasteiger partial charge in [0.1, 0.15) is 0 Å². The van der Waals surface area contributed by atoms with Crippen LogP contribution in [0.15, 0.2) is 0 Å². The molecule has 0 fully saturated rings. The van der Waals surface area contributed by atoms with Crippen LogP contribution >= 0.6 is 0 Å². The van der Waals surface area contributed by atoms with Gasteiger partial charge in [0.15, 0.2) is 0 Å². The maximum Gasteiger partial charge on any atom is 0.329 e. The number of hydrogen-bond donors (Lipinski definition) is 3. The summed E-state index contributed by atoms with van der Waals surface area (Å²) in [6.45, 7) is 1.77. The molecule has 0 bridgehead atoms. The topological polar surface area (TPSA) is 104 Å². The molecule has 0 aromatic heterocycles. The molecule has 78 valence electrons. The Morgan fingerprint density at radius 2 is 1.79 bits per heavy atom. The molecule has 0 aliphatic carbocycles. The lowest BCUT2D eigenvalue weighted by Crippen LogP contribution is -2.46. The van der Waals surface area contributed by atoms with Crippen molar-refractivity contribution in [3.8, 4) is 0 Å². The summed E-state index contributed by atoms with van der Waals surface area (Å²) in [5.41, 5.74) is 0. The Morgan fingerprint density at radius 1 is 1.14 bits per heavy atom. The van der Waals surface area contributed by atoms with E-state index in [9.17, 15) is 19.2 Å². The zero-order chi connectivity index (χ0) is 11.0. The maximum atomic E-state index is 10.8. The number of hydrogen-bond acceptors (Lipinski definition) is 4. The van der Waals surface area contributed by atoms with Gasteiger partial charge in [-0.1, -0.05) is 6.92 Å². The summed E-state index contributed by atoms with van der Waals surface area (Å²) in [6, 6.07) is -1.94. The van der Waals surface area contributed by atoms with Crippen molar-refractivity contribution in [3.63, 3.8) is 0 Å². The third kappa shape index (κ3) is 5.70. The van der Waals surface area contributed by atoms with Crippen molar-refractivity contribution >= 4 is 24.4 Å². The van der Waals surface area contributed by atoms with E-state index >= 15 is 0 Å². The van der Waals surface area contributed by atoms with Crippen LogP contribution in [0.25, 0.3) is 0 Å². The number of urea groups is 2. The van der Waals surface area contributed by atoms with Gasteiger partial charge in [0.05, 0.1) is 0 Å². The van der Waals surface area contributed by atoms with Gasteiger partial charge in [0.2, 0.25) is 12.3 Å². The first-order chi connectivity index (χ1) is 6.60. The van der Waals surface area contributed by atoms with Crippen LogP contribution in [0.4, 0.5) is 9.59 Å². The number of carbonyl (C=O) groups excluding carboxylic acids is 4. The van der Waals surface area contributed by atoms with E-state index in [2.05, 4.69) is 0 Å². The minimum atomic E-state index is -0.984. The lowest BCUT2D eigenvalue weighted by Gasteiger charge is -2.03.